The topological polar surface area (TPSA) is 93.9 Å². The van der Waals surface area contributed by atoms with Gasteiger partial charge in [0.1, 0.15) is 4.21 Å². The zero-order valence-electron chi connectivity index (χ0n) is 18.6. The van der Waals surface area contributed by atoms with E-state index in [0.29, 0.717) is 12.3 Å². The molecule has 11 heteroatoms. The van der Waals surface area contributed by atoms with Crippen molar-refractivity contribution >= 4 is 33.8 Å². The third-order valence-electron chi connectivity index (χ3n) is 5.52. The van der Waals surface area contributed by atoms with E-state index < -0.39 is 10.0 Å². The van der Waals surface area contributed by atoms with Crippen LogP contribution in [0.25, 0.3) is 10.6 Å². The number of unbranched alkanes of at least 4 members (excludes halogenated alkanes) is 1. The number of halogens is 1. The average molecular weight is 514 g/mol. The number of aromatic nitrogens is 1. The van der Waals surface area contributed by atoms with Crippen LogP contribution in [0.5, 0.6) is 11.5 Å². The molecule has 180 valence electrons. The predicted octanol–water partition coefficient (Wildman–Crippen LogP) is 3.96. The summed E-state index contributed by atoms with van der Waals surface area (Å²) < 4.78 is 44.0. The number of ether oxygens (including phenoxy) is 2. The van der Waals surface area contributed by atoms with Crippen LogP contribution in [-0.2, 0) is 23.0 Å². The first-order valence-corrected chi connectivity index (χ1v) is 12.8. The number of fused-ring (bicyclic) bond motifs is 1. The summed E-state index contributed by atoms with van der Waals surface area (Å²) in [5, 5.41) is 3.66. The van der Waals surface area contributed by atoms with Gasteiger partial charge in [0.2, 0.25) is 10.0 Å². The highest BCUT2D eigenvalue weighted by atomic mass is 35.5. The SMILES string of the molecule is COc1cc2c(cc1OC)CN(CCCCNS(=O)(=O)c1ccc(-c3ccno3)s1)CC2.Cl. The first kappa shape index (κ1) is 25.5. The van der Waals surface area contributed by atoms with Gasteiger partial charge in [-0.25, -0.2) is 13.1 Å². The molecular weight excluding hydrogens is 486 g/mol. The molecule has 0 aliphatic carbocycles. The van der Waals surface area contributed by atoms with Crippen LogP contribution in [0.1, 0.15) is 24.0 Å². The lowest BCUT2D eigenvalue weighted by Gasteiger charge is -2.29. The molecule has 0 saturated carbocycles. The molecule has 3 heterocycles. The molecule has 0 atom stereocenters. The molecule has 0 bridgehead atoms. The number of rotatable bonds is 10. The molecule has 1 N–H and O–H groups in total. The van der Waals surface area contributed by atoms with E-state index in [1.165, 1.54) is 28.7 Å². The second-order valence-corrected chi connectivity index (χ2v) is 10.7. The van der Waals surface area contributed by atoms with E-state index in [4.69, 9.17) is 14.0 Å². The second kappa shape index (κ2) is 11.3. The Hall–Kier alpha value is -2.11. The molecule has 0 saturated heterocycles. The highest BCUT2D eigenvalue weighted by Crippen LogP contribution is 2.33. The van der Waals surface area contributed by atoms with Crippen molar-refractivity contribution in [2.24, 2.45) is 0 Å². The van der Waals surface area contributed by atoms with E-state index in [1.807, 2.05) is 0 Å². The van der Waals surface area contributed by atoms with E-state index in [0.717, 1.165) is 55.3 Å². The Kier molecular flexibility index (Phi) is 8.77. The highest BCUT2D eigenvalue weighted by Gasteiger charge is 2.20. The van der Waals surface area contributed by atoms with Crippen molar-refractivity contribution in [2.45, 2.75) is 30.0 Å². The minimum Gasteiger partial charge on any atom is -0.493 e. The van der Waals surface area contributed by atoms with Crippen LogP contribution in [0.15, 0.2) is 45.3 Å². The van der Waals surface area contributed by atoms with E-state index in [1.54, 1.807) is 32.4 Å². The normalized spacial score (nSPS) is 13.9. The Morgan fingerprint density at radius 3 is 2.58 bits per heavy atom. The Bertz CT molecular complexity index is 1150. The number of thiophene rings is 1. The number of methoxy groups -OCH3 is 2. The van der Waals surface area contributed by atoms with E-state index >= 15 is 0 Å². The maximum Gasteiger partial charge on any atom is 0.250 e. The van der Waals surface area contributed by atoms with Gasteiger partial charge in [-0.05, 0) is 61.2 Å². The molecule has 8 nitrogen and oxygen atoms in total. The molecule has 0 unspecified atom stereocenters. The van der Waals surface area contributed by atoms with Gasteiger partial charge in [-0.1, -0.05) is 5.16 Å². The quantitative estimate of drug-likeness (QED) is 0.410. The fourth-order valence-corrected chi connectivity index (χ4v) is 6.19. The standard InChI is InChI=1S/C22H27N3O5S2.ClH/c1-28-19-13-16-8-12-25(15-17(16)14-20(19)29-2)11-4-3-9-24-32(26,27)22-6-5-21(31-22)18-7-10-23-30-18;/h5-7,10,13-14,24H,3-4,8-9,11-12,15H2,1-2H3;1H. The lowest BCUT2D eigenvalue weighted by atomic mass is 9.98. The van der Waals surface area contributed by atoms with Gasteiger partial charge in [0.15, 0.2) is 17.3 Å². The summed E-state index contributed by atoms with van der Waals surface area (Å²) in [7, 11) is -0.219. The Morgan fingerprint density at radius 2 is 1.88 bits per heavy atom. The molecule has 1 aromatic carbocycles. The van der Waals surface area contributed by atoms with Crippen molar-refractivity contribution in [2.75, 3.05) is 33.9 Å². The summed E-state index contributed by atoms with van der Waals surface area (Å²) in [6, 6.07) is 9.17. The molecular formula is C22H28ClN3O5S2. The van der Waals surface area contributed by atoms with Crippen LogP contribution in [0, 0.1) is 0 Å². The Labute approximate surface area is 204 Å². The molecule has 0 amide bonds. The smallest absolute Gasteiger partial charge is 0.250 e. The van der Waals surface area contributed by atoms with Gasteiger partial charge in [-0.15, -0.1) is 23.7 Å². The first-order chi connectivity index (χ1) is 15.5. The zero-order chi connectivity index (χ0) is 22.6. The highest BCUT2D eigenvalue weighted by molar-refractivity contribution is 7.91. The molecule has 1 aliphatic heterocycles. The van der Waals surface area contributed by atoms with Crippen molar-refractivity contribution in [3.8, 4) is 22.1 Å². The van der Waals surface area contributed by atoms with E-state index in [9.17, 15) is 8.42 Å². The largest absolute Gasteiger partial charge is 0.493 e. The van der Waals surface area contributed by atoms with Gasteiger partial charge >= 0.3 is 0 Å². The number of hydrogen-bond acceptors (Lipinski definition) is 8. The summed E-state index contributed by atoms with van der Waals surface area (Å²) in [5.41, 5.74) is 2.56. The van der Waals surface area contributed by atoms with Crippen LogP contribution >= 0.6 is 23.7 Å². The van der Waals surface area contributed by atoms with Gasteiger partial charge in [0, 0.05) is 25.7 Å². The van der Waals surface area contributed by atoms with Crippen LogP contribution in [-0.4, -0.2) is 52.3 Å². The van der Waals surface area contributed by atoms with Crippen molar-refractivity contribution in [1.29, 1.82) is 0 Å². The van der Waals surface area contributed by atoms with Gasteiger partial charge < -0.3 is 14.0 Å². The average Bonchev–Trinajstić information content (AvgIpc) is 3.50. The first-order valence-electron chi connectivity index (χ1n) is 10.5. The lowest BCUT2D eigenvalue weighted by Crippen LogP contribution is -2.32. The lowest BCUT2D eigenvalue weighted by molar-refractivity contribution is 0.248. The summed E-state index contributed by atoms with van der Waals surface area (Å²) in [6.07, 6.45) is 4.19. The fraction of sp³-hybridized carbons (Fsp3) is 0.409. The van der Waals surface area contributed by atoms with Gasteiger partial charge in [-0.3, -0.25) is 4.90 Å². The fourth-order valence-electron chi connectivity index (χ4n) is 3.81. The van der Waals surface area contributed by atoms with Crippen LogP contribution in [0.4, 0.5) is 0 Å². The van der Waals surface area contributed by atoms with Crippen molar-refractivity contribution < 1.29 is 22.4 Å². The Morgan fingerprint density at radius 1 is 1.12 bits per heavy atom. The number of sulfonamides is 1. The maximum absolute atomic E-state index is 12.6. The molecule has 0 fully saturated rings. The zero-order valence-corrected chi connectivity index (χ0v) is 21.0. The van der Waals surface area contributed by atoms with Crippen LogP contribution < -0.4 is 14.2 Å². The molecule has 4 rings (SSSR count). The summed E-state index contributed by atoms with van der Waals surface area (Å²) in [4.78, 5) is 3.13. The van der Waals surface area contributed by atoms with Crippen LogP contribution in [0.2, 0.25) is 0 Å². The monoisotopic (exact) mass is 513 g/mol. The molecule has 0 spiro atoms. The summed E-state index contributed by atoms with van der Waals surface area (Å²) in [6.45, 7) is 3.17. The molecule has 2 aromatic heterocycles. The molecule has 0 radical (unpaired) electrons. The van der Waals surface area contributed by atoms with E-state index in [2.05, 4.69) is 26.9 Å². The predicted molar refractivity (Wildman–Crippen MR) is 130 cm³/mol. The number of benzene rings is 1. The third-order valence-corrected chi connectivity index (χ3v) is 8.57. The molecule has 1 aliphatic rings. The minimum atomic E-state index is -3.52. The molecule has 3 aromatic rings. The number of nitrogens with zero attached hydrogens (tertiary/aromatic N) is 2. The third kappa shape index (κ3) is 6.07. The minimum absolute atomic E-state index is 0. The van der Waals surface area contributed by atoms with Gasteiger partial charge in [-0.2, -0.15) is 0 Å². The van der Waals surface area contributed by atoms with Gasteiger partial charge in [0.25, 0.3) is 0 Å². The second-order valence-electron chi connectivity index (χ2n) is 7.60. The van der Waals surface area contributed by atoms with Crippen molar-refractivity contribution in [3.05, 3.63) is 47.7 Å². The maximum atomic E-state index is 12.6. The number of nitrogens with one attached hydrogen (secondary N) is 1. The van der Waals surface area contributed by atoms with Crippen molar-refractivity contribution in [1.82, 2.24) is 14.8 Å². The van der Waals surface area contributed by atoms with Crippen molar-refractivity contribution in [3.63, 3.8) is 0 Å². The summed E-state index contributed by atoms with van der Waals surface area (Å²) >= 11 is 1.17. The number of hydrogen-bond donors (Lipinski definition) is 1. The van der Waals surface area contributed by atoms with Crippen LogP contribution in [0.3, 0.4) is 0 Å². The van der Waals surface area contributed by atoms with Gasteiger partial charge in [0.05, 0.1) is 25.3 Å². The molecule has 33 heavy (non-hydrogen) atoms. The Balaban J connectivity index is 0.00000306. The summed E-state index contributed by atoms with van der Waals surface area (Å²) in [5.74, 6) is 2.09. The van der Waals surface area contributed by atoms with E-state index in [-0.39, 0.29) is 16.6 Å².